The second-order valence-electron chi connectivity index (χ2n) is 12.6. The first-order valence-corrected chi connectivity index (χ1v) is 15.9. The zero-order valence-corrected chi connectivity index (χ0v) is 26.4. The summed E-state index contributed by atoms with van der Waals surface area (Å²) >= 11 is 0. The Bertz CT molecular complexity index is 1220. The molecule has 0 amide bonds. The van der Waals surface area contributed by atoms with Crippen LogP contribution in [-0.2, 0) is 33.3 Å². The fourth-order valence-electron chi connectivity index (χ4n) is 6.00. The Balaban J connectivity index is 1.58. The monoisotopic (exact) mass is 665 g/mol. The van der Waals surface area contributed by atoms with Crippen LogP contribution in [0.15, 0.2) is 60.8 Å². The normalized spacial score (nSPS) is 43.8. The second kappa shape index (κ2) is 16.6. The first-order valence-electron chi connectivity index (χ1n) is 15.9. The summed E-state index contributed by atoms with van der Waals surface area (Å²) in [5.74, 6) is -5.45. The molecule has 14 atom stereocenters. The molecule has 0 saturated carbocycles. The molecular weight excluding hydrogens is 618 g/mol. The highest BCUT2D eigenvalue weighted by Gasteiger charge is 2.51. The van der Waals surface area contributed by atoms with Gasteiger partial charge in [-0.25, -0.2) is 4.79 Å². The number of ether oxygens (including phenoxy) is 5. The van der Waals surface area contributed by atoms with E-state index in [1.165, 1.54) is 12.2 Å². The van der Waals surface area contributed by atoms with Gasteiger partial charge in [-0.2, -0.15) is 0 Å². The number of nitrogens with two attached hydrogens (primary N) is 1. The standard InChI is InChI=1S/C33H47NO13/c1-18-10-8-6-4-3-5-7-9-11-21(45-32-30(39)28(34)29(38)19(2)44-32)15-25-27(31(40)41)22(36)17-33(42,47-25)16-20(35)14-24-23(46-24)12-13-26(37)43-18/h3-9,11-13,18-25,27-30,32,35-36,38-39,42H,10,14-17,34H2,1-2H3,(H,40,41)/t18-,19+,20-,21?,22-,23+,24+,25-,27+,28+,29-,30-,32-,33+/m1/s1. The second-order valence-corrected chi connectivity index (χ2v) is 12.6. The average Bonchev–Trinajstić information content (AvgIpc) is 3.72. The van der Waals surface area contributed by atoms with Gasteiger partial charge in [-0.3, -0.25) is 4.79 Å². The van der Waals surface area contributed by atoms with E-state index < -0.39 is 97.3 Å². The molecule has 47 heavy (non-hydrogen) atoms. The molecule has 3 fully saturated rings. The molecule has 0 aromatic heterocycles. The van der Waals surface area contributed by atoms with Crippen LogP contribution in [0, 0.1) is 5.92 Å². The molecule has 0 aromatic carbocycles. The number of carboxylic acid groups (broad SMARTS) is 1. The van der Waals surface area contributed by atoms with E-state index in [0.29, 0.717) is 6.42 Å². The largest absolute Gasteiger partial charge is 0.481 e. The third kappa shape index (κ3) is 10.6. The van der Waals surface area contributed by atoms with Crippen molar-refractivity contribution in [3.63, 3.8) is 0 Å². The zero-order chi connectivity index (χ0) is 34.3. The maximum atomic E-state index is 12.3. The number of aliphatic carboxylic acids is 1. The Hall–Kier alpha value is -2.76. The highest BCUT2D eigenvalue weighted by molar-refractivity contribution is 5.82. The van der Waals surface area contributed by atoms with Gasteiger partial charge >= 0.3 is 11.9 Å². The number of esters is 1. The number of hydrogen-bond donors (Lipinski definition) is 7. The molecule has 1 unspecified atom stereocenters. The van der Waals surface area contributed by atoms with Crippen LogP contribution in [0.3, 0.4) is 0 Å². The van der Waals surface area contributed by atoms with E-state index in [1.807, 2.05) is 6.08 Å². The quantitative estimate of drug-likeness (QED) is 0.157. The third-order valence-electron chi connectivity index (χ3n) is 8.58. The Kier molecular flexibility index (Phi) is 13.1. The molecule has 0 radical (unpaired) electrons. The first kappa shape index (κ1) is 37.1. The fourth-order valence-corrected chi connectivity index (χ4v) is 6.00. The van der Waals surface area contributed by atoms with Crippen molar-refractivity contribution in [2.24, 2.45) is 11.7 Å². The Labute approximate surface area is 273 Å². The SMILES string of the molecule is C[C@@H]1CC=CC=CC=CC=CC(O[C@H]2O[C@@H](C)[C@@H](O)[C@H](N)[C@H]2O)C[C@H]2O[C@@](O)(C[C@H](O)C[C@@H]3O[C@H]3C=CC(=O)O1)C[C@@H](O)[C@@H]2C(=O)O. The van der Waals surface area contributed by atoms with Crippen LogP contribution in [0.1, 0.15) is 46.0 Å². The van der Waals surface area contributed by atoms with Gasteiger partial charge in [0, 0.05) is 38.2 Å². The van der Waals surface area contributed by atoms with Crippen LogP contribution >= 0.6 is 0 Å². The molecule has 4 aliphatic rings. The van der Waals surface area contributed by atoms with Crippen molar-refractivity contribution in [3.8, 4) is 0 Å². The highest BCUT2D eigenvalue weighted by Crippen LogP contribution is 2.39. The highest BCUT2D eigenvalue weighted by atomic mass is 16.7. The first-order chi connectivity index (χ1) is 22.3. The van der Waals surface area contributed by atoms with Crippen LogP contribution in [0.5, 0.6) is 0 Å². The third-order valence-corrected chi connectivity index (χ3v) is 8.58. The number of carbonyl (C=O) groups excluding carboxylic acids is 1. The van der Waals surface area contributed by atoms with E-state index in [-0.39, 0.29) is 25.4 Å². The molecule has 2 bridgehead atoms. The molecule has 4 aliphatic heterocycles. The summed E-state index contributed by atoms with van der Waals surface area (Å²) in [6, 6.07) is -1.08. The van der Waals surface area contributed by atoms with Crippen LogP contribution in [0.25, 0.3) is 0 Å². The molecule has 4 rings (SSSR count). The molecule has 14 nitrogen and oxygen atoms in total. The van der Waals surface area contributed by atoms with Crippen molar-refractivity contribution in [1.29, 1.82) is 0 Å². The number of rotatable bonds is 3. The van der Waals surface area contributed by atoms with Gasteiger partial charge in [-0.1, -0.05) is 48.6 Å². The number of aliphatic hydroxyl groups excluding tert-OH is 4. The summed E-state index contributed by atoms with van der Waals surface area (Å²) in [6.45, 7) is 3.34. The maximum absolute atomic E-state index is 12.3. The lowest BCUT2D eigenvalue weighted by atomic mass is 9.83. The Morgan fingerprint density at radius 3 is 2.36 bits per heavy atom. The van der Waals surface area contributed by atoms with Crippen LogP contribution < -0.4 is 5.73 Å². The van der Waals surface area contributed by atoms with Crippen molar-refractivity contribution in [2.75, 3.05) is 0 Å². The van der Waals surface area contributed by atoms with Gasteiger partial charge in [0.15, 0.2) is 12.1 Å². The van der Waals surface area contributed by atoms with Crippen molar-refractivity contribution in [3.05, 3.63) is 60.8 Å². The molecule has 0 spiro atoms. The number of carboxylic acids is 1. The number of aliphatic hydroxyl groups is 5. The van der Waals surface area contributed by atoms with Gasteiger partial charge in [0.2, 0.25) is 0 Å². The van der Waals surface area contributed by atoms with Crippen LogP contribution in [0.2, 0.25) is 0 Å². The molecule has 262 valence electrons. The average molecular weight is 666 g/mol. The van der Waals surface area contributed by atoms with E-state index in [2.05, 4.69) is 0 Å². The lowest BCUT2D eigenvalue weighted by Gasteiger charge is -2.45. The zero-order valence-electron chi connectivity index (χ0n) is 26.4. The topological polar surface area (TPSA) is 231 Å². The minimum Gasteiger partial charge on any atom is -0.481 e. The minimum absolute atomic E-state index is 0.0789. The predicted molar refractivity (Wildman–Crippen MR) is 165 cm³/mol. The molecule has 3 saturated heterocycles. The van der Waals surface area contributed by atoms with E-state index in [9.17, 15) is 40.2 Å². The minimum atomic E-state index is -2.10. The van der Waals surface area contributed by atoms with Crippen molar-refractivity contribution in [2.45, 2.75) is 125 Å². The van der Waals surface area contributed by atoms with Gasteiger partial charge in [-0.15, -0.1) is 0 Å². The number of cyclic esters (lactones) is 1. The summed E-state index contributed by atoms with van der Waals surface area (Å²) in [6.07, 6.45) is 5.25. The van der Waals surface area contributed by atoms with Gasteiger partial charge in [0.05, 0.1) is 48.8 Å². The van der Waals surface area contributed by atoms with E-state index in [4.69, 9.17) is 29.4 Å². The predicted octanol–water partition coefficient (Wildman–Crippen LogP) is 0.120. The molecule has 8 N–H and O–H groups in total. The number of epoxide rings is 1. The van der Waals surface area contributed by atoms with Crippen molar-refractivity contribution in [1.82, 2.24) is 0 Å². The molecule has 14 heteroatoms. The molecular formula is C33H47NO13. The smallest absolute Gasteiger partial charge is 0.330 e. The summed E-state index contributed by atoms with van der Waals surface area (Å²) in [5, 5.41) is 63.9. The van der Waals surface area contributed by atoms with E-state index in [0.717, 1.165) is 0 Å². The summed E-state index contributed by atoms with van der Waals surface area (Å²) in [5.41, 5.74) is 5.98. The molecule has 4 heterocycles. The van der Waals surface area contributed by atoms with Gasteiger partial charge in [0.25, 0.3) is 0 Å². The summed E-state index contributed by atoms with van der Waals surface area (Å²) in [7, 11) is 0. The van der Waals surface area contributed by atoms with E-state index >= 15 is 0 Å². The number of fused-ring (bicyclic) bond motifs is 3. The van der Waals surface area contributed by atoms with Crippen molar-refractivity contribution >= 4 is 11.9 Å². The van der Waals surface area contributed by atoms with Crippen molar-refractivity contribution < 1.29 is 63.9 Å². The lowest BCUT2D eigenvalue weighted by molar-refractivity contribution is -0.308. The summed E-state index contributed by atoms with van der Waals surface area (Å²) in [4.78, 5) is 24.4. The Morgan fingerprint density at radius 1 is 0.936 bits per heavy atom. The van der Waals surface area contributed by atoms with Gasteiger partial charge < -0.3 is 60.1 Å². The maximum Gasteiger partial charge on any atom is 0.330 e. The lowest BCUT2D eigenvalue weighted by Crippen LogP contribution is -2.61. The molecule has 0 aromatic rings. The Morgan fingerprint density at radius 2 is 1.64 bits per heavy atom. The fraction of sp³-hybridized carbons (Fsp3) is 0.636. The van der Waals surface area contributed by atoms with E-state index in [1.54, 1.807) is 56.4 Å². The van der Waals surface area contributed by atoms with Gasteiger partial charge in [-0.05, 0) is 19.9 Å². The van der Waals surface area contributed by atoms with Crippen LogP contribution in [0.4, 0.5) is 0 Å². The number of carbonyl (C=O) groups is 2. The van der Waals surface area contributed by atoms with Crippen LogP contribution in [-0.4, -0.2) is 122 Å². The molecule has 0 aliphatic carbocycles. The van der Waals surface area contributed by atoms with Gasteiger partial charge in [0.1, 0.15) is 24.2 Å². The number of allylic oxidation sites excluding steroid dienone is 6. The summed E-state index contributed by atoms with van der Waals surface area (Å²) < 4.78 is 28.5. The number of hydrogen-bond acceptors (Lipinski definition) is 13.